The van der Waals surface area contributed by atoms with Crippen LogP contribution in [0.3, 0.4) is 0 Å². The molecule has 5 aromatic carbocycles. The Bertz CT molecular complexity index is 3050. The van der Waals surface area contributed by atoms with E-state index < -0.39 is 18.3 Å². The lowest BCUT2D eigenvalue weighted by atomic mass is 9.82. The zero-order chi connectivity index (χ0) is 62.7. The van der Waals surface area contributed by atoms with Gasteiger partial charge in [0.15, 0.2) is 17.3 Å². The molecule has 0 aliphatic carbocycles. The van der Waals surface area contributed by atoms with Crippen molar-refractivity contribution in [1.29, 1.82) is 0 Å². The van der Waals surface area contributed by atoms with E-state index in [2.05, 4.69) is 111 Å². The van der Waals surface area contributed by atoms with Crippen LogP contribution in [0.2, 0.25) is 0 Å². The molecule has 0 atom stereocenters. The van der Waals surface area contributed by atoms with E-state index in [0.29, 0.717) is 11.1 Å². The van der Waals surface area contributed by atoms with Crippen molar-refractivity contribution in [1.82, 2.24) is 4.90 Å². The summed E-state index contributed by atoms with van der Waals surface area (Å²) in [5, 5.41) is 9.89. The van der Waals surface area contributed by atoms with Gasteiger partial charge in [0, 0.05) is 22.3 Å². The van der Waals surface area contributed by atoms with Crippen LogP contribution in [0.15, 0.2) is 0 Å². The summed E-state index contributed by atoms with van der Waals surface area (Å²) in [6, 6.07) is 0. The summed E-state index contributed by atoms with van der Waals surface area (Å²) in [6.07, 6.45) is 0. The number of rotatable bonds is 8. The second kappa shape index (κ2) is 27.1. The van der Waals surface area contributed by atoms with Crippen LogP contribution in [0.5, 0.6) is 0 Å². The average Bonchev–Trinajstić information content (AvgIpc) is 3.36. The van der Waals surface area contributed by atoms with Crippen LogP contribution in [0.4, 0.5) is 0 Å². The van der Waals surface area contributed by atoms with Gasteiger partial charge < -0.3 is 9.67 Å². The van der Waals surface area contributed by atoms with Crippen LogP contribution in [-0.2, 0) is 4.57 Å². The molecule has 5 aromatic rings. The van der Waals surface area contributed by atoms with Crippen LogP contribution in [0.25, 0.3) is 0 Å². The first-order chi connectivity index (χ1) is 35.5. The Morgan fingerprint density at radius 2 is 0.481 bits per heavy atom. The smallest absolute Gasteiger partial charge is 0.221 e. The lowest BCUT2D eigenvalue weighted by Gasteiger charge is -2.32. The molecule has 79 heavy (non-hydrogen) atoms. The van der Waals surface area contributed by atoms with E-state index in [1.165, 1.54) is 77.9 Å². The highest BCUT2D eigenvalue weighted by Gasteiger charge is 2.34. The number of carbonyl (C=O) groups is 4. The first-order valence-corrected chi connectivity index (χ1v) is 30.6. The minimum atomic E-state index is -2.73. The molecule has 436 valence electrons. The quantitative estimate of drug-likeness (QED) is 0.122. The molecule has 8 heteroatoms. The van der Waals surface area contributed by atoms with Gasteiger partial charge in [-0.2, -0.15) is 0 Å². The Hall–Kier alpha value is -5.07. The summed E-state index contributed by atoms with van der Waals surface area (Å²) >= 11 is 0. The fourth-order valence-corrected chi connectivity index (χ4v) is 11.2. The van der Waals surface area contributed by atoms with E-state index in [0.717, 1.165) is 77.9 Å². The van der Waals surface area contributed by atoms with Gasteiger partial charge in [0.2, 0.25) is 5.52 Å². The summed E-state index contributed by atoms with van der Waals surface area (Å²) in [4.78, 5) is 50.9. The molecule has 0 amide bonds. The van der Waals surface area contributed by atoms with E-state index in [4.69, 9.17) is 0 Å². The van der Waals surface area contributed by atoms with Crippen molar-refractivity contribution in [3.8, 4) is 0 Å². The van der Waals surface area contributed by atoms with Gasteiger partial charge in [0.05, 0.1) is 5.54 Å². The van der Waals surface area contributed by atoms with Gasteiger partial charge in [-0.1, -0.05) is 0 Å². The molecule has 0 aliphatic rings. The summed E-state index contributed by atoms with van der Waals surface area (Å²) in [5.41, 5.74) is 32.9. The van der Waals surface area contributed by atoms with E-state index in [9.17, 15) is 28.8 Å². The Morgan fingerprint density at radius 3 is 0.646 bits per heavy atom. The average molecular weight is 1100 g/mol. The number of likely N-dealkylation sites (N-methyl/N-ethyl adjacent to an activating group) is 1. The summed E-state index contributed by atoms with van der Waals surface area (Å²) < 4.78 is 12.0. The highest BCUT2D eigenvalue weighted by Crippen LogP contribution is 2.43. The number of aliphatic hydroxyl groups is 1. The molecular weight excluding hydrogens is 994 g/mol. The van der Waals surface area contributed by atoms with Crippen LogP contribution < -0.4 is 0 Å². The zero-order valence-electron chi connectivity index (χ0n) is 56.4. The van der Waals surface area contributed by atoms with Crippen LogP contribution in [0.1, 0.15) is 221 Å². The molecule has 0 fully saturated rings. The lowest BCUT2D eigenvalue weighted by molar-refractivity contribution is 0.0486. The molecule has 0 unspecified atom stereocenters. The number of ketones is 3. The van der Waals surface area contributed by atoms with Crippen molar-refractivity contribution >= 4 is 30.0 Å². The molecule has 0 bridgehead atoms. The maximum absolute atomic E-state index is 12.9. The Labute approximate surface area is 481 Å². The Morgan fingerprint density at radius 1 is 0.316 bits per heavy atom. The highest BCUT2D eigenvalue weighted by molar-refractivity contribution is 7.79. The number of carbonyl (C=O) groups excluding carboxylic acids is 4. The predicted octanol–water partition coefficient (Wildman–Crippen LogP) is 17.9. The van der Waals surface area contributed by atoms with Crippen molar-refractivity contribution in [2.75, 3.05) is 27.4 Å². The first kappa shape index (κ1) is 71.9. The molecule has 0 heterocycles. The summed E-state index contributed by atoms with van der Waals surface area (Å²) in [6.45, 7) is 65.9. The normalized spacial score (nSPS) is 11.4. The second-order valence-corrected chi connectivity index (χ2v) is 27.7. The maximum atomic E-state index is 12.9. The maximum Gasteiger partial charge on any atom is 0.221 e. The van der Waals surface area contributed by atoms with Gasteiger partial charge in [-0.3, -0.25) is 24.1 Å². The van der Waals surface area contributed by atoms with Crippen molar-refractivity contribution < 1.29 is 28.8 Å². The van der Waals surface area contributed by atoms with Crippen LogP contribution in [0, 0.1) is 180 Å². The van der Waals surface area contributed by atoms with Gasteiger partial charge in [0.25, 0.3) is 0 Å². The number of nitrogens with zero attached hydrogens (tertiary/aromatic N) is 1. The molecule has 0 radical (unpaired) electrons. The monoisotopic (exact) mass is 1100 g/mol. The molecule has 0 saturated carbocycles. The predicted molar refractivity (Wildman–Crippen MR) is 342 cm³/mol. The van der Waals surface area contributed by atoms with Crippen molar-refractivity contribution in [2.45, 2.75) is 226 Å². The molecule has 5 rings (SSSR count). The Kier molecular flexibility index (Phi) is 24.7. The summed E-state index contributed by atoms with van der Waals surface area (Å²) in [7, 11) is 1.18. The molecule has 7 nitrogen and oxygen atoms in total. The largest absolute Gasteiger partial charge is 0.382 e. The van der Waals surface area contributed by atoms with E-state index in [1.54, 1.807) is 34.1 Å². The molecular formula is C71H106NO6P. The number of hydrogen-bond donors (Lipinski definition) is 1. The molecule has 0 aliphatic heterocycles. The van der Waals surface area contributed by atoms with E-state index in [-0.39, 0.29) is 22.9 Å². The Balaban J connectivity index is 0.000000498. The molecule has 0 aromatic heterocycles. The van der Waals surface area contributed by atoms with Gasteiger partial charge in [0.1, 0.15) is 12.7 Å². The summed E-state index contributed by atoms with van der Waals surface area (Å²) in [5.74, 6) is 0.184. The number of benzene rings is 5. The van der Waals surface area contributed by atoms with Gasteiger partial charge in [-0.15, -0.1) is 0 Å². The third kappa shape index (κ3) is 15.3. The second-order valence-electron chi connectivity index (χ2n) is 24.6. The number of Topliss-reactive ketones (excluding diaryl/α,β-unsaturated/α-hetero) is 3. The minimum Gasteiger partial charge on any atom is -0.382 e. The van der Waals surface area contributed by atoms with Crippen LogP contribution >= 0.6 is 7.14 Å². The number of hydrogen-bond acceptors (Lipinski definition) is 7. The molecule has 0 spiro atoms. The molecule has 0 saturated heterocycles. The minimum absolute atomic E-state index is 0.172. The topological polar surface area (TPSA) is 109 Å². The van der Waals surface area contributed by atoms with E-state index >= 15 is 0 Å². The van der Waals surface area contributed by atoms with Crippen LogP contribution in [-0.4, -0.2) is 71.4 Å². The SMILES string of the molecule is CC(=O)c1c(C)c(C)c(C)c(C)c1C.Cc1c(C)c(C)c(C(=O)C(C)(C)N(C)C)c(C)c1C.Cc1c(C)c(C)c(C(=O)C(C)(C)O)c(C)c1C.Cc1c(C)c(C)c(C(=O)P(C)(C)=O)c(C)c1C.Cc1c(C)c(C)c(C)c(C)c1C. The third-order valence-electron chi connectivity index (χ3n) is 19.1. The highest BCUT2D eigenvalue weighted by atomic mass is 31.2. The zero-order valence-corrected chi connectivity index (χ0v) is 57.3. The van der Waals surface area contributed by atoms with Crippen molar-refractivity contribution in [2.24, 2.45) is 0 Å². The fourth-order valence-electron chi connectivity index (χ4n) is 10.3. The third-order valence-corrected chi connectivity index (χ3v) is 20.3. The van der Waals surface area contributed by atoms with Gasteiger partial charge >= 0.3 is 0 Å². The standard InChI is InChI=1S/C17H27NO.C15H22O2.C14H21O2P.C13H18O.C12H18/c1-10-11(2)13(4)15(14(5)12(10)3)16(19)17(6,7)18(8)9;1-8-9(2)11(4)13(12(5)10(8)3)14(16)15(6,7)17;1-8-9(2)11(4)13(12(5)10(8)3)14(15)17(6,7)16;1-7-8(2)10(4)13(12(6)14)11(5)9(7)3;1-7-8(2)10(4)12(6)11(5)9(7)3/h1-9H3;17H,1-7H3;1-7H3;1-6H3;1-6H3. The van der Waals surface area contributed by atoms with Crippen molar-refractivity contribution in [3.05, 3.63) is 167 Å². The van der Waals surface area contributed by atoms with Gasteiger partial charge in [-0.05, 0) is 387 Å². The van der Waals surface area contributed by atoms with E-state index in [1.807, 2.05) is 102 Å². The first-order valence-electron chi connectivity index (χ1n) is 28.0. The fraction of sp³-hybridized carbons (Fsp3) is 0.521. The van der Waals surface area contributed by atoms with Crippen molar-refractivity contribution in [3.63, 3.8) is 0 Å². The lowest BCUT2D eigenvalue weighted by Crippen LogP contribution is -2.46. The molecule has 1 N–H and O–H groups in total. The van der Waals surface area contributed by atoms with Gasteiger partial charge in [-0.25, -0.2) is 0 Å².